The first-order chi connectivity index (χ1) is 16.1. The number of hydrogen-bond donors (Lipinski definition) is 3. The Bertz CT molecular complexity index is 1420. The van der Waals surface area contributed by atoms with Crippen LogP contribution in [0.4, 0.5) is 29.3 Å². The summed E-state index contributed by atoms with van der Waals surface area (Å²) in [4.78, 5) is 11.9. The van der Waals surface area contributed by atoms with E-state index in [9.17, 15) is 30.9 Å². The Morgan fingerprint density at radius 1 is 0.914 bits per heavy atom. The van der Waals surface area contributed by atoms with Gasteiger partial charge in [0.05, 0.1) is 27.0 Å². The Morgan fingerprint density at radius 3 is 2.20 bits per heavy atom. The molecule has 3 rings (SSSR count). The highest BCUT2D eigenvalue weighted by Gasteiger charge is 2.31. The summed E-state index contributed by atoms with van der Waals surface area (Å²) >= 11 is 17.8. The third-order valence-electron chi connectivity index (χ3n) is 4.46. The quantitative estimate of drug-likeness (QED) is 0.274. The molecule has 0 radical (unpaired) electrons. The molecule has 3 aromatic carbocycles. The molecule has 0 fully saturated rings. The molecule has 0 aliphatic carbocycles. The van der Waals surface area contributed by atoms with Crippen molar-refractivity contribution in [2.24, 2.45) is 0 Å². The summed E-state index contributed by atoms with van der Waals surface area (Å²) in [5, 5.41) is 4.42. The lowest BCUT2D eigenvalue weighted by Crippen LogP contribution is -2.20. The lowest BCUT2D eigenvalue weighted by molar-refractivity contribution is -0.137. The molecule has 0 aliphatic rings. The van der Waals surface area contributed by atoms with Gasteiger partial charge in [0, 0.05) is 11.1 Å². The predicted molar refractivity (Wildman–Crippen MR) is 127 cm³/mol. The van der Waals surface area contributed by atoms with Crippen LogP contribution in [0.3, 0.4) is 0 Å². The summed E-state index contributed by atoms with van der Waals surface area (Å²) in [6.07, 6.45) is -4.65. The Morgan fingerprint density at radius 2 is 1.57 bits per heavy atom. The highest BCUT2D eigenvalue weighted by atomic mass is 35.5. The number of amides is 2. The molecule has 0 spiro atoms. The van der Waals surface area contributed by atoms with Crippen molar-refractivity contribution >= 4 is 62.3 Å². The van der Waals surface area contributed by atoms with Crippen LogP contribution in [0.15, 0.2) is 53.4 Å². The van der Waals surface area contributed by atoms with Crippen molar-refractivity contribution in [1.29, 1.82) is 0 Å². The summed E-state index contributed by atoms with van der Waals surface area (Å²) < 4.78 is 77.2. The molecular formula is C21H14Cl3F3N2O5S. The molecule has 3 N–H and O–H groups in total. The third-order valence-corrected chi connectivity index (χ3v) is 6.34. The Hall–Kier alpha value is -2.70. The van der Waals surface area contributed by atoms with E-state index in [1.807, 2.05) is 0 Å². The monoisotopic (exact) mass is 568 g/mol. The highest BCUT2D eigenvalue weighted by molar-refractivity contribution is 7.86. The van der Waals surface area contributed by atoms with Gasteiger partial charge >= 0.3 is 12.2 Å². The Labute approximate surface area is 212 Å². The fourth-order valence-corrected chi connectivity index (χ4v) is 4.23. The normalized spacial score (nSPS) is 11.8. The van der Waals surface area contributed by atoms with Crippen LogP contribution in [0, 0.1) is 6.92 Å². The molecule has 7 nitrogen and oxygen atoms in total. The van der Waals surface area contributed by atoms with Crippen molar-refractivity contribution in [3.05, 3.63) is 74.7 Å². The number of benzene rings is 3. The highest BCUT2D eigenvalue weighted by Crippen LogP contribution is 2.37. The fraction of sp³-hybridized carbons (Fsp3) is 0.0952. The van der Waals surface area contributed by atoms with E-state index in [0.717, 1.165) is 18.2 Å². The number of urea groups is 1. The summed E-state index contributed by atoms with van der Waals surface area (Å²) in [7, 11) is -4.66. The van der Waals surface area contributed by atoms with E-state index in [1.165, 1.54) is 24.3 Å². The molecule has 0 atom stereocenters. The Balaban J connectivity index is 1.90. The van der Waals surface area contributed by atoms with E-state index >= 15 is 0 Å². The zero-order chi connectivity index (χ0) is 26.1. The number of aryl methyl sites for hydroxylation is 1. The standard InChI is InChI=1S/C21H14Cl3F3N2O5S/c1-10-6-14(24)19(35(31,32)33)9-18(10)34-17-5-3-12(22)8-16(17)29-20(30)28-15-7-11(21(25,26)27)2-4-13(15)23/h2-9H,1H3,(H2,28,29,30)(H,31,32,33). The molecule has 3 aromatic rings. The molecule has 186 valence electrons. The number of alkyl halides is 3. The van der Waals surface area contributed by atoms with Gasteiger partial charge < -0.3 is 15.4 Å². The summed E-state index contributed by atoms with van der Waals surface area (Å²) in [6, 6.07) is 7.77. The lowest BCUT2D eigenvalue weighted by Gasteiger charge is -2.16. The summed E-state index contributed by atoms with van der Waals surface area (Å²) in [5.41, 5.74) is -0.934. The van der Waals surface area contributed by atoms with Gasteiger partial charge in [0.25, 0.3) is 10.1 Å². The molecule has 0 bridgehead atoms. The minimum atomic E-state index is -4.66. The first-order valence-corrected chi connectivity index (χ1v) is 11.9. The summed E-state index contributed by atoms with van der Waals surface area (Å²) in [6.45, 7) is 1.56. The van der Waals surface area contributed by atoms with Crippen LogP contribution in [-0.4, -0.2) is 19.0 Å². The number of hydrogen-bond acceptors (Lipinski definition) is 4. The third kappa shape index (κ3) is 6.71. The van der Waals surface area contributed by atoms with E-state index in [0.29, 0.717) is 11.6 Å². The maximum atomic E-state index is 13.0. The van der Waals surface area contributed by atoms with Gasteiger partial charge in [-0.2, -0.15) is 21.6 Å². The van der Waals surface area contributed by atoms with Gasteiger partial charge in [-0.1, -0.05) is 34.8 Å². The van der Waals surface area contributed by atoms with Crippen LogP contribution in [0.5, 0.6) is 11.5 Å². The molecule has 0 aromatic heterocycles. The van der Waals surface area contributed by atoms with E-state index in [-0.39, 0.29) is 37.9 Å². The van der Waals surface area contributed by atoms with Crippen molar-refractivity contribution < 1.29 is 35.7 Å². The zero-order valence-electron chi connectivity index (χ0n) is 17.4. The zero-order valence-corrected chi connectivity index (χ0v) is 20.5. The lowest BCUT2D eigenvalue weighted by atomic mass is 10.2. The number of halogens is 6. The van der Waals surface area contributed by atoms with Gasteiger partial charge in [-0.25, -0.2) is 4.79 Å². The summed E-state index contributed by atoms with van der Waals surface area (Å²) in [5.74, 6) is -0.0277. The van der Waals surface area contributed by atoms with Crippen LogP contribution < -0.4 is 15.4 Å². The van der Waals surface area contributed by atoms with Gasteiger partial charge in [-0.05, 0) is 55.0 Å². The molecule has 0 aliphatic heterocycles. The number of rotatable bonds is 5. The minimum absolute atomic E-state index is 0.00796. The molecule has 0 saturated carbocycles. The molecule has 0 saturated heterocycles. The van der Waals surface area contributed by atoms with E-state index in [2.05, 4.69) is 10.6 Å². The maximum Gasteiger partial charge on any atom is 0.416 e. The number of ether oxygens (including phenoxy) is 1. The smallest absolute Gasteiger partial charge is 0.416 e. The largest absolute Gasteiger partial charge is 0.455 e. The van der Waals surface area contributed by atoms with Crippen molar-refractivity contribution in [3.63, 3.8) is 0 Å². The second-order valence-electron chi connectivity index (χ2n) is 7.04. The second-order valence-corrected chi connectivity index (χ2v) is 9.68. The van der Waals surface area contributed by atoms with Gasteiger partial charge in [0.1, 0.15) is 10.6 Å². The van der Waals surface area contributed by atoms with Crippen LogP contribution in [-0.2, 0) is 16.3 Å². The predicted octanol–water partition coefficient (Wildman–Crippen LogP) is 7.66. The first kappa shape index (κ1) is 26.9. The maximum absolute atomic E-state index is 13.0. The fourth-order valence-electron chi connectivity index (χ4n) is 2.82. The molecular weight excluding hydrogens is 556 g/mol. The van der Waals surface area contributed by atoms with Gasteiger partial charge in [0.2, 0.25) is 0 Å². The number of carbonyl (C=O) groups is 1. The van der Waals surface area contributed by atoms with Crippen LogP contribution >= 0.6 is 34.8 Å². The molecule has 0 unspecified atom stereocenters. The van der Waals surface area contributed by atoms with Crippen LogP contribution in [0.1, 0.15) is 11.1 Å². The van der Waals surface area contributed by atoms with Gasteiger partial charge in [-0.3, -0.25) is 4.55 Å². The van der Waals surface area contributed by atoms with E-state index < -0.39 is 32.8 Å². The number of anilines is 2. The molecule has 14 heteroatoms. The van der Waals surface area contributed by atoms with Crippen molar-refractivity contribution in [3.8, 4) is 11.5 Å². The van der Waals surface area contributed by atoms with Crippen molar-refractivity contribution in [2.75, 3.05) is 10.6 Å². The first-order valence-electron chi connectivity index (χ1n) is 9.35. The average Bonchev–Trinajstić information content (AvgIpc) is 2.71. The minimum Gasteiger partial charge on any atom is -0.455 e. The van der Waals surface area contributed by atoms with E-state index in [4.69, 9.17) is 39.5 Å². The van der Waals surface area contributed by atoms with Gasteiger partial charge in [0.15, 0.2) is 5.75 Å². The SMILES string of the molecule is Cc1cc(Cl)c(S(=O)(=O)O)cc1Oc1ccc(Cl)cc1NC(=O)Nc1cc(C(F)(F)F)ccc1Cl. The molecule has 35 heavy (non-hydrogen) atoms. The average molecular weight is 570 g/mol. The van der Waals surface area contributed by atoms with Gasteiger partial charge in [-0.15, -0.1) is 0 Å². The molecule has 0 heterocycles. The Kier molecular flexibility index (Phi) is 7.77. The van der Waals surface area contributed by atoms with Crippen molar-refractivity contribution in [1.82, 2.24) is 0 Å². The van der Waals surface area contributed by atoms with E-state index in [1.54, 1.807) is 6.92 Å². The van der Waals surface area contributed by atoms with Crippen LogP contribution in [0.25, 0.3) is 0 Å². The second kappa shape index (κ2) is 10.1. The number of nitrogens with one attached hydrogen (secondary N) is 2. The van der Waals surface area contributed by atoms with Crippen molar-refractivity contribution in [2.45, 2.75) is 18.0 Å². The number of carbonyl (C=O) groups excluding carboxylic acids is 1. The molecule has 2 amide bonds. The topological polar surface area (TPSA) is 105 Å². The van der Waals surface area contributed by atoms with Crippen LogP contribution in [0.2, 0.25) is 15.1 Å².